The third-order valence-electron chi connectivity index (χ3n) is 2.88. The molecule has 16 heavy (non-hydrogen) atoms. The van der Waals surface area contributed by atoms with Gasteiger partial charge in [-0.25, -0.2) is 0 Å². The standard InChI is InChI=1S/C13H15NO2/c1-10-6-8-14(9-7-13(15)16)12-5-3-2-4-11(10)12/h2-6H,7-9H2,1H3,(H,15,16). The zero-order valence-corrected chi connectivity index (χ0v) is 9.31. The van der Waals surface area contributed by atoms with Crippen LogP contribution in [0.1, 0.15) is 18.9 Å². The van der Waals surface area contributed by atoms with E-state index < -0.39 is 5.97 Å². The van der Waals surface area contributed by atoms with Crippen molar-refractivity contribution in [2.75, 3.05) is 18.0 Å². The van der Waals surface area contributed by atoms with E-state index in [0.717, 1.165) is 12.2 Å². The Bertz CT molecular complexity index is 437. The van der Waals surface area contributed by atoms with E-state index in [1.165, 1.54) is 11.1 Å². The molecule has 2 rings (SSSR count). The van der Waals surface area contributed by atoms with E-state index in [9.17, 15) is 4.79 Å². The molecule has 1 N–H and O–H groups in total. The fourth-order valence-electron chi connectivity index (χ4n) is 1.98. The second kappa shape index (κ2) is 4.39. The Kier molecular flexibility index (Phi) is 2.95. The predicted molar refractivity (Wildman–Crippen MR) is 64.6 cm³/mol. The molecule has 1 aromatic carbocycles. The molecule has 0 saturated heterocycles. The Balaban J connectivity index is 2.22. The second-order valence-electron chi connectivity index (χ2n) is 3.99. The van der Waals surface area contributed by atoms with Crippen LogP contribution in [-0.4, -0.2) is 24.2 Å². The van der Waals surface area contributed by atoms with Crippen LogP contribution >= 0.6 is 0 Å². The first-order valence-electron chi connectivity index (χ1n) is 5.41. The molecule has 0 aliphatic carbocycles. The van der Waals surface area contributed by atoms with Crippen LogP contribution in [0.25, 0.3) is 5.57 Å². The molecular formula is C13H15NO2. The number of rotatable bonds is 3. The molecule has 1 heterocycles. The van der Waals surface area contributed by atoms with E-state index in [1.54, 1.807) is 0 Å². The summed E-state index contributed by atoms with van der Waals surface area (Å²) in [6.45, 7) is 3.46. The number of benzene rings is 1. The molecule has 0 amide bonds. The lowest BCUT2D eigenvalue weighted by Crippen LogP contribution is -2.29. The molecule has 0 aromatic heterocycles. The highest BCUT2D eigenvalue weighted by Crippen LogP contribution is 2.30. The first-order valence-corrected chi connectivity index (χ1v) is 5.41. The van der Waals surface area contributed by atoms with E-state index in [1.807, 2.05) is 18.2 Å². The fraction of sp³-hybridized carbons (Fsp3) is 0.308. The van der Waals surface area contributed by atoms with E-state index in [2.05, 4.69) is 24.0 Å². The number of para-hydroxylation sites is 1. The van der Waals surface area contributed by atoms with Crippen LogP contribution in [0.5, 0.6) is 0 Å². The molecule has 1 aromatic rings. The number of nitrogens with zero attached hydrogens (tertiary/aromatic N) is 1. The van der Waals surface area contributed by atoms with Crippen LogP contribution in [0, 0.1) is 0 Å². The fourth-order valence-corrected chi connectivity index (χ4v) is 1.98. The lowest BCUT2D eigenvalue weighted by molar-refractivity contribution is -0.136. The van der Waals surface area contributed by atoms with Gasteiger partial charge in [-0.2, -0.15) is 0 Å². The number of carbonyl (C=O) groups is 1. The van der Waals surface area contributed by atoms with Gasteiger partial charge in [-0.1, -0.05) is 24.3 Å². The van der Waals surface area contributed by atoms with Gasteiger partial charge in [0.1, 0.15) is 0 Å². The van der Waals surface area contributed by atoms with Crippen molar-refractivity contribution in [1.82, 2.24) is 0 Å². The number of hydrogen-bond acceptors (Lipinski definition) is 2. The summed E-state index contributed by atoms with van der Waals surface area (Å²) in [5.74, 6) is -0.747. The van der Waals surface area contributed by atoms with Gasteiger partial charge in [-0.15, -0.1) is 0 Å². The average molecular weight is 217 g/mol. The normalized spacial score (nSPS) is 14.3. The highest BCUT2D eigenvalue weighted by Gasteiger charge is 2.16. The van der Waals surface area contributed by atoms with Crippen molar-refractivity contribution >= 4 is 17.2 Å². The summed E-state index contributed by atoms with van der Waals surface area (Å²) < 4.78 is 0. The topological polar surface area (TPSA) is 40.5 Å². The van der Waals surface area contributed by atoms with E-state index in [0.29, 0.717) is 6.54 Å². The summed E-state index contributed by atoms with van der Waals surface area (Å²) in [5, 5.41) is 8.70. The summed E-state index contributed by atoms with van der Waals surface area (Å²) in [5.41, 5.74) is 3.62. The van der Waals surface area contributed by atoms with E-state index >= 15 is 0 Å². The molecule has 0 unspecified atom stereocenters. The zero-order chi connectivity index (χ0) is 11.5. The van der Waals surface area contributed by atoms with Crippen molar-refractivity contribution in [2.24, 2.45) is 0 Å². The first-order chi connectivity index (χ1) is 7.68. The van der Waals surface area contributed by atoms with Gasteiger partial charge in [-0.05, 0) is 18.6 Å². The molecule has 1 aliphatic heterocycles. The molecule has 1 aliphatic rings. The third kappa shape index (κ3) is 2.08. The molecule has 0 spiro atoms. The molecule has 0 radical (unpaired) electrons. The number of carboxylic acids is 1. The molecule has 3 heteroatoms. The van der Waals surface area contributed by atoms with Crippen molar-refractivity contribution in [3.63, 3.8) is 0 Å². The van der Waals surface area contributed by atoms with Gasteiger partial charge < -0.3 is 10.0 Å². The Labute approximate surface area is 95.0 Å². The summed E-state index contributed by atoms with van der Waals surface area (Å²) in [4.78, 5) is 12.7. The number of carboxylic acid groups (broad SMARTS) is 1. The Hall–Kier alpha value is -1.77. The second-order valence-corrected chi connectivity index (χ2v) is 3.99. The Morgan fingerprint density at radius 3 is 2.94 bits per heavy atom. The highest BCUT2D eigenvalue weighted by atomic mass is 16.4. The smallest absolute Gasteiger partial charge is 0.305 e. The van der Waals surface area contributed by atoms with Crippen LogP contribution < -0.4 is 4.90 Å². The summed E-state index contributed by atoms with van der Waals surface area (Å²) >= 11 is 0. The minimum absolute atomic E-state index is 0.182. The molecule has 0 atom stereocenters. The number of anilines is 1. The van der Waals surface area contributed by atoms with E-state index in [-0.39, 0.29) is 6.42 Å². The third-order valence-corrected chi connectivity index (χ3v) is 2.88. The lowest BCUT2D eigenvalue weighted by Gasteiger charge is -2.29. The molecule has 0 saturated carbocycles. The zero-order valence-electron chi connectivity index (χ0n) is 9.31. The average Bonchev–Trinajstić information content (AvgIpc) is 2.28. The van der Waals surface area contributed by atoms with Gasteiger partial charge in [0, 0.05) is 24.3 Å². The van der Waals surface area contributed by atoms with Gasteiger partial charge in [-0.3, -0.25) is 4.79 Å². The van der Waals surface area contributed by atoms with Crippen LogP contribution in [0.4, 0.5) is 5.69 Å². The number of aliphatic carboxylic acids is 1. The van der Waals surface area contributed by atoms with Crippen LogP contribution in [-0.2, 0) is 4.79 Å². The highest BCUT2D eigenvalue weighted by molar-refractivity contribution is 5.79. The molecule has 3 nitrogen and oxygen atoms in total. The molecular weight excluding hydrogens is 202 g/mol. The minimum Gasteiger partial charge on any atom is -0.481 e. The van der Waals surface area contributed by atoms with Gasteiger partial charge in [0.25, 0.3) is 0 Å². The van der Waals surface area contributed by atoms with Crippen molar-refractivity contribution in [1.29, 1.82) is 0 Å². The number of fused-ring (bicyclic) bond motifs is 1. The Morgan fingerprint density at radius 2 is 2.19 bits per heavy atom. The van der Waals surface area contributed by atoms with Crippen molar-refractivity contribution < 1.29 is 9.90 Å². The summed E-state index contributed by atoms with van der Waals surface area (Å²) in [6, 6.07) is 8.13. The van der Waals surface area contributed by atoms with Crippen molar-refractivity contribution in [3.05, 3.63) is 35.9 Å². The number of allylic oxidation sites excluding steroid dienone is 1. The van der Waals surface area contributed by atoms with Gasteiger partial charge in [0.15, 0.2) is 0 Å². The maximum absolute atomic E-state index is 10.6. The monoisotopic (exact) mass is 217 g/mol. The van der Waals surface area contributed by atoms with Crippen LogP contribution in [0.2, 0.25) is 0 Å². The maximum atomic E-state index is 10.6. The predicted octanol–water partition coefficient (Wildman–Crippen LogP) is 2.38. The van der Waals surface area contributed by atoms with Gasteiger partial charge in [0.2, 0.25) is 0 Å². The molecule has 0 fully saturated rings. The first kappa shape index (κ1) is 10.7. The van der Waals surface area contributed by atoms with Gasteiger partial charge in [0.05, 0.1) is 6.42 Å². The van der Waals surface area contributed by atoms with Gasteiger partial charge >= 0.3 is 5.97 Å². The van der Waals surface area contributed by atoms with E-state index in [4.69, 9.17) is 5.11 Å². The largest absolute Gasteiger partial charge is 0.481 e. The van der Waals surface area contributed by atoms with Crippen molar-refractivity contribution in [3.8, 4) is 0 Å². The SMILES string of the molecule is CC1=CCN(CCC(=O)O)c2ccccc21. The summed E-state index contributed by atoms with van der Waals surface area (Å²) in [7, 11) is 0. The molecule has 0 bridgehead atoms. The number of hydrogen-bond donors (Lipinski definition) is 1. The quantitative estimate of drug-likeness (QED) is 0.845. The molecule has 84 valence electrons. The maximum Gasteiger partial charge on any atom is 0.305 e. The minimum atomic E-state index is -0.747. The van der Waals surface area contributed by atoms with Crippen LogP contribution in [0.3, 0.4) is 0 Å². The van der Waals surface area contributed by atoms with Crippen molar-refractivity contribution in [2.45, 2.75) is 13.3 Å². The Morgan fingerprint density at radius 1 is 1.44 bits per heavy atom. The summed E-state index contributed by atoms with van der Waals surface area (Å²) in [6.07, 6.45) is 2.32. The van der Waals surface area contributed by atoms with Crippen LogP contribution in [0.15, 0.2) is 30.3 Å². The lowest BCUT2D eigenvalue weighted by atomic mass is 10.0.